The van der Waals surface area contributed by atoms with Crippen LogP contribution in [0.3, 0.4) is 0 Å². The van der Waals surface area contributed by atoms with Crippen molar-refractivity contribution in [3.63, 3.8) is 0 Å². The zero-order chi connectivity index (χ0) is 25.0. The average Bonchev–Trinajstić information content (AvgIpc) is 2.99. The third kappa shape index (κ3) is 6.56. The summed E-state index contributed by atoms with van der Waals surface area (Å²) in [5.74, 6) is -0.274. The molecule has 34 heavy (non-hydrogen) atoms. The number of fused-ring (bicyclic) bond motifs is 2. The first kappa shape index (κ1) is 25.7. The van der Waals surface area contributed by atoms with Crippen LogP contribution in [-0.2, 0) is 30.7 Å². The van der Waals surface area contributed by atoms with Gasteiger partial charge in [-0.15, -0.1) is 4.28 Å². The van der Waals surface area contributed by atoms with Crippen molar-refractivity contribution in [3.8, 4) is 5.75 Å². The Morgan fingerprint density at radius 1 is 1.26 bits per heavy atom. The van der Waals surface area contributed by atoms with Crippen LogP contribution < -0.4 is 21.3 Å². The molecular formula is C20H29N5O8S. The van der Waals surface area contributed by atoms with Crippen molar-refractivity contribution in [3.05, 3.63) is 29.8 Å². The van der Waals surface area contributed by atoms with Gasteiger partial charge in [0, 0.05) is 12.6 Å². The van der Waals surface area contributed by atoms with Crippen LogP contribution in [0.15, 0.2) is 24.3 Å². The number of hydrogen-bond donors (Lipinski definition) is 4. The quantitative estimate of drug-likeness (QED) is 0.263. The molecule has 0 saturated carbocycles. The van der Waals surface area contributed by atoms with Gasteiger partial charge in [-0.05, 0) is 36.5 Å². The Labute approximate surface area is 197 Å². The predicted molar refractivity (Wildman–Crippen MR) is 118 cm³/mol. The summed E-state index contributed by atoms with van der Waals surface area (Å²) in [6.07, 6.45) is 0.470. The number of rotatable bonds is 9. The van der Waals surface area contributed by atoms with Crippen LogP contribution in [0.1, 0.15) is 32.3 Å². The van der Waals surface area contributed by atoms with E-state index in [-0.39, 0.29) is 37.8 Å². The number of ether oxygens (including phenoxy) is 1. The molecule has 0 aromatic heterocycles. The maximum Gasteiger partial charge on any atom is 0.418 e. The number of nitrogens with two attached hydrogens (primary N) is 1. The Hall–Kier alpha value is -2.94. The highest BCUT2D eigenvalue weighted by Gasteiger charge is 2.49. The summed E-state index contributed by atoms with van der Waals surface area (Å²) in [5.41, 5.74) is 11.3. The van der Waals surface area contributed by atoms with Gasteiger partial charge in [-0.3, -0.25) is 25.0 Å². The van der Waals surface area contributed by atoms with Crippen molar-refractivity contribution in [2.45, 2.75) is 51.2 Å². The molecule has 2 heterocycles. The van der Waals surface area contributed by atoms with Crippen LogP contribution >= 0.6 is 0 Å². The highest BCUT2D eigenvalue weighted by Crippen LogP contribution is 2.30. The molecule has 1 aromatic rings. The fourth-order valence-corrected chi connectivity index (χ4v) is 4.07. The molecule has 0 unspecified atom stereocenters. The number of carbonyl (C=O) groups is 3. The Bertz CT molecular complexity index is 1030. The lowest BCUT2D eigenvalue weighted by molar-refractivity contribution is -0.131. The van der Waals surface area contributed by atoms with E-state index in [1.807, 2.05) is 13.8 Å². The lowest BCUT2D eigenvalue weighted by atomic mass is 10.0. The van der Waals surface area contributed by atoms with Crippen molar-refractivity contribution in [1.29, 1.82) is 0 Å². The number of nitrogens with zero attached hydrogens (tertiary/aromatic N) is 2. The van der Waals surface area contributed by atoms with Gasteiger partial charge in [0.2, 0.25) is 5.91 Å². The zero-order valence-electron chi connectivity index (χ0n) is 18.8. The predicted octanol–water partition coefficient (Wildman–Crippen LogP) is -0.258. The molecule has 2 aliphatic heterocycles. The van der Waals surface area contributed by atoms with Crippen molar-refractivity contribution < 1.29 is 36.4 Å². The molecule has 2 saturated heterocycles. The van der Waals surface area contributed by atoms with Crippen LogP contribution in [0.2, 0.25) is 0 Å². The second kappa shape index (κ2) is 10.5. The van der Waals surface area contributed by atoms with Crippen molar-refractivity contribution in [2.75, 3.05) is 13.2 Å². The standard InChI is InChI=1S/C20H29N5O8S/c1-12(2)16(21)11-32-15-5-3-4-13(8-15)9-18(26)22-23-19(27)17-7-6-14-10-24(17)20(28)25(14)33-34(29,30)31/h3-5,8,12,14,16-17H,6-7,9-11,21H2,1-2H3,(H,22,26)(H,23,27)(H,29,30,31)/t14-,16+,17+/m1/s1. The third-order valence-electron chi connectivity index (χ3n) is 5.69. The van der Waals surface area contributed by atoms with Crippen molar-refractivity contribution in [2.24, 2.45) is 11.7 Å². The summed E-state index contributed by atoms with van der Waals surface area (Å²) in [6.45, 7) is 4.39. The lowest BCUT2D eigenvalue weighted by Crippen LogP contribution is -2.54. The van der Waals surface area contributed by atoms with E-state index in [1.165, 1.54) is 0 Å². The number of urea groups is 1. The number of carbonyl (C=O) groups excluding carboxylic acids is 3. The van der Waals surface area contributed by atoms with E-state index < -0.39 is 40.3 Å². The second-order valence-electron chi connectivity index (χ2n) is 8.59. The molecule has 14 heteroatoms. The van der Waals surface area contributed by atoms with Crippen LogP contribution in [0.25, 0.3) is 0 Å². The molecule has 1 aromatic carbocycles. The van der Waals surface area contributed by atoms with Gasteiger partial charge in [-0.2, -0.15) is 13.5 Å². The zero-order valence-corrected chi connectivity index (χ0v) is 19.7. The number of benzene rings is 1. The number of hydrogen-bond acceptors (Lipinski definition) is 8. The molecule has 2 aliphatic rings. The minimum absolute atomic E-state index is 0.0287. The van der Waals surface area contributed by atoms with Gasteiger partial charge in [-0.25, -0.2) is 4.79 Å². The van der Waals surface area contributed by atoms with Crippen LogP contribution in [-0.4, -0.2) is 72.1 Å². The molecule has 13 nitrogen and oxygen atoms in total. The van der Waals surface area contributed by atoms with E-state index >= 15 is 0 Å². The van der Waals surface area contributed by atoms with E-state index in [1.54, 1.807) is 24.3 Å². The molecule has 2 fully saturated rings. The summed E-state index contributed by atoms with van der Waals surface area (Å²) in [5, 5.41) is 0.546. The number of hydrazine groups is 1. The highest BCUT2D eigenvalue weighted by atomic mass is 32.3. The lowest BCUT2D eigenvalue weighted by Gasteiger charge is -2.29. The van der Waals surface area contributed by atoms with Gasteiger partial charge >= 0.3 is 16.4 Å². The molecule has 3 rings (SSSR count). The Kier molecular flexibility index (Phi) is 7.97. The van der Waals surface area contributed by atoms with Crippen molar-refractivity contribution >= 4 is 28.2 Å². The number of hydroxylamine groups is 2. The van der Waals surface area contributed by atoms with Gasteiger partial charge in [0.15, 0.2) is 0 Å². The number of amides is 4. The monoisotopic (exact) mass is 499 g/mol. The summed E-state index contributed by atoms with van der Waals surface area (Å²) < 4.78 is 40.8. The minimum atomic E-state index is -4.88. The first-order chi connectivity index (χ1) is 15.9. The highest BCUT2D eigenvalue weighted by molar-refractivity contribution is 7.80. The topological polar surface area (TPSA) is 181 Å². The summed E-state index contributed by atoms with van der Waals surface area (Å²) in [4.78, 5) is 38.4. The first-order valence-electron chi connectivity index (χ1n) is 10.8. The van der Waals surface area contributed by atoms with Gasteiger partial charge in [0.05, 0.1) is 12.5 Å². The maximum atomic E-state index is 12.6. The van der Waals surface area contributed by atoms with E-state index in [9.17, 15) is 22.8 Å². The molecule has 0 aliphatic carbocycles. The molecule has 2 bridgehead atoms. The Balaban J connectivity index is 1.50. The van der Waals surface area contributed by atoms with Crippen LogP contribution in [0.5, 0.6) is 5.75 Å². The fourth-order valence-electron chi connectivity index (χ4n) is 3.68. The fraction of sp³-hybridized carbons (Fsp3) is 0.550. The first-order valence-corrected chi connectivity index (χ1v) is 12.1. The average molecular weight is 500 g/mol. The molecular weight excluding hydrogens is 470 g/mol. The van der Waals surface area contributed by atoms with Crippen LogP contribution in [0.4, 0.5) is 4.79 Å². The molecule has 3 atom stereocenters. The normalized spacial score (nSPS) is 20.9. The largest absolute Gasteiger partial charge is 0.492 e. The Morgan fingerprint density at radius 2 is 2.00 bits per heavy atom. The second-order valence-corrected chi connectivity index (χ2v) is 9.59. The third-order valence-corrected chi connectivity index (χ3v) is 6.04. The molecule has 4 amide bonds. The van der Waals surface area contributed by atoms with Gasteiger partial charge in [0.25, 0.3) is 5.91 Å². The van der Waals surface area contributed by atoms with Crippen molar-refractivity contribution in [1.82, 2.24) is 20.8 Å². The summed E-state index contributed by atoms with van der Waals surface area (Å²) in [7, 11) is -4.88. The molecule has 0 spiro atoms. The summed E-state index contributed by atoms with van der Waals surface area (Å²) >= 11 is 0. The maximum absolute atomic E-state index is 12.6. The number of nitrogens with one attached hydrogen (secondary N) is 2. The minimum Gasteiger partial charge on any atom is -0.492 e. The van der Waals surface area contributed by atoms with E-state index in [0.29, 0.717) is 23.0 Å². The number of piperidine rings is 1. The van der Waals surface area contributed by atoms with E-state index in [4.69, 9.17) is 15.0 Å². The van der Waals surface area contributed by atoms with Crippen LogP contribution in [0, 0.1) is 5.92 Å². The molecule has 0 radical (unpaired) electrons. The van der Waals surface area contributed by atoms with E-state index in [2.05, 4.69) is 15.1 Å². The van der Waals surface area contributed by atoms with Gasteiger partial charge in [0.1, 0.15) is 18.4 Å². The molecule has 5 N–H and O–H groups in total. The summed E-state index contributed by atoms with van der Waals surface area (Å²) in [6, 6.07) is 4.43. The SMILES string of the molecule is CC(C)[C@@H](N)COc1cccc(CC(=O)NNC(=O)[C@@H]2CC[C@@H]3CN2C(=O)N3OS(=O)(=O)O)c1. The smallest absolute Gasteiger partial charge is 0.418 e. The van der Waals surface area contributed by atoms with Gasteiger partial charge < -0.3 is 15.4 Å². The van der Waals surface area contributed by atoms with Gasteiger partial charge in [-0.1, -0.05) is 26.0 Å². The molecule has 188 valence electrons. The van der Waals surface area contributed by atoms with E-state index in [0.717, 1.165) is 4.90 Å². The Morgan fingerprint density at radius 3 is 2.68 bits per heavy atom.